The highest BCUT2D eigenvalue weighted by molar-refractivity contribution is 5.02. The zero-order valence-corrected chi connectivity index (χ0v) is 13.0. The summed E-state index contributed by atoms with van der Waals surface area (Å²) in [6.45, 7) is 0.861. The molecule has 3 rings (SSSR count). The molecule has 116 valence electrons. The first-order chi connectivity index (χ1) is 9.83. The molecule has 3 fully saturated rings. The van der Waals surface area contributed by atoms with Crippen LogP contribution in [0.25, 0.3) is 0 Å². The Hall–Kier alpha value is -0.120. The van der Waals surface area contributed by atoms with Gasteiger partial charge < -0.3 is 15.8 Å². The molecule has 0 aromatic carbocycles. The molecule has 0 spiro atoms. The summed E-state index contributed by atoms with van der Waals surface area (Å²) in [5.41, 5.74) is 5.92. The van der Waals surface area contributed by atoms with Gasteiger partial charge in [0.25, 0.3) is 0 Å². The van der Waals surface area contributed by atoms with Crippen LogP contribution in [0.3, 0.4) is 0 Å². The maximum atomic E-state index is 5.92. The molecule has 0 radical (unpaired) electrons. The Morgan fingerprint density at radius 2 is 1.80 bits per heavy atom. The fourth-order valence-electron chi connectivity index (χ4n) is 5.27. The lowest BCUT2D eigenvalue weighted by molar-refractivity contribution is 0.0471. The predicted molar refractivity (Wildman–Crippen MR) is 82.6 cm³/mol. The zero-order chi connectivity index (χ0) is 13.9. The van der Waals surface area contributed by atoms with E-state index in [0.717, 1.165) is 36.4 Å². The number of rotatable bonds is 4. The van der Waals surface area contributed by atoms with Crippen LogP contribution in [0.5, 0.6) is 0 Å². The molecule has 4 atom stereocenters. The van der Waals surface area contributed by atoms with Crippen LogP contribution in [-0.2, 0) is 4.74 Å². The highest BCUT2D eigenvalue weighted by Gasteiger charge is 2.46. The standard InChI is InChI=1S/C17H32N2O/c1-20-13-8-6-12(7-9-13)17-15(10-11-18)14-4-2-3-5-16(14)19-17/h12-17,19H,2-11,18H2,1H3. The zero-order valence-electron chi connectivity index (χ0n) is 13.0. The third-order valence-electron chi connectivity index (χ3n) is 6.30. The Bertz CT molecular complexity index is 301. The molecule has 0 aromatic rings. The molecule has 1 aliphatic heterocycles. The van der Waals surface area contributed by atoms with Crippen molar-refractivity contribution in [1.82, 2.24) is 5.32 Å². The van der Waals surface area contributed by atoms with Gasteiger partial charge in [0.2, 0.25) is 0 Å². The lowest BCUT2D eigenvalue weighted by Crippen LogP contribution is -2.40. The molecule has 0 amide bonds. The van der Waals surface area contributed by atoms with Crippen LogP contribution in [0.2, 0.25) is 0 Å². The van der Waals surface area contributed by atoms with E-state index in [9.17, 15) is 0 Å². The Balaban J connectivity index is 1.65. The quantitative estimate of drug-likeness (QED) is 0.832. The average molecular weight is 280 g/mol. The van der Waals surface area contributed by atoms with E-state index >= 15 is 0 Å². The molecule has 3 heteroatoms. The average Bonchev–Trinajstić information content (AvgIpc) is 2.87. The molecule has 3 N–H and O–H groups in total. The first-order valence-electron chi connectivity index (χ1n) is 8.82. The van der Waals surface area contributed by atoms with Gasteiger partial charge in [-0.05, 0) is 69.2 Å². The topological polar surface area (TPSA) is 47.3 Å². The highest BCUT2D eigenvalue weighted by Crippen LogP contribution is 2.44. The first-order valence-corrected chi connectivity index (χ1v) is 8.82. The van der Waals surface area contributed by atoms with Crippen molar-refractivity contribution >= 4 is 0 Å². The van der Waals surface area contributed by atoms with Gasteiger partial charge in [0.15, 0.2) is 0 Å². The van der Waals surface area contributed by atoms with Crippen molar-refractivity contribution in [3.05, 3.63) is 0 Å². The van der Waals surface area contributed by atoms with E-state index in [4.69, 9.17) is 10.5 Å². The predicted octanol–water partition coefficient (Wildman–Crippen LogP) is 2.69. The highest BCUT2D eigenvalue weighted by atomic mass is 16.5. The van der Waals surface area contributed by atoms with Gasteiger partial charge in [0.1, 0.15) is 0 Å². The van der Waals surface area contributed by atoms with Gasteiger partial charge in [-0.25, -0.2) is 0 Å². The second-order valence-corrected chi connectivity index (χ2v) is 7.26. The summed E-state index contributed by atoms with van der Waals surface area (Å²) in [5, 5.41) is 4.03. The Morgan fingerprint density at radius 3 is 2.50 bits per heavy atom. The number of fused-ring (bicyclic) bond motifs is 1. The van der Waals surface area contributed by atoms with E-state index in [1.54, 1.807) is 0 Å². The smallest absolute Gasteiger partial charge is 0.0571 e. The van der Waals surface area contributed by atoms with Crippen molar-refractivity contribution in [2.75, 3.05) is 13.7 Å². The molecular weight excluding hydrogens is 248 g/mol. The monoisotopic (exact) mass is 280 g/mol. The number of hydrogen-bond donors (Lipinski definition) is 2. The summed E-state index contributed by atoms with van der Waals surface area (Å²) in [6, 6.07) is 1.54. The van der Waals surface area contributed by atoms with Crippen molar-refractivity contribution in [2.24, 2.45) is 23.5 Å². The van der Waals surface area contributed by atoms with Crippen molar-refractivity contribution in [2.45, 2.75) is 76.0 Å². The van der Waals surface area contributed by atoms with Crippen LogP contribution in [0.4, 0.5) is 0 Å². The molecule has 2 aliphatic carbocycles. The van der Waals surface area contributed by atoms with E-state index in [1.807, 2.05) is 7.11 Å². The molecule has 20 heavy (non-hydrogen) atoms. The van der Waals surface area contributed by atoms with Crippen LogP contribution < -0.4 is 11.1 Å². The van der Waals surface area contributed by atoms with Gasteiger partial charge in [-0.1, -0.05) is 12.8 Å². The Morgan fingerprint density at radius 1 is 1.05 bits per heavy atom. The van der Waals surface area contributed by atoms with E-state index in [-0.39, 0.29) is 0 Å². The summed E-state index contributed by atoms with van der Waals surface area (Å²) in [5.74, 6) is 2.62. The minimum absolute atomic E-state index is 0.517. The van der Waals surface area contributed by atoms with Gasteiger partial charge in [-0.2, -0.15) is 0 Å². The Labute approximate surface area is 124 Å². The molecule has 1 heterocycles. The van der Waals surface area contributed by atoms with Crippen LogP contribution in [-0.4, -0.2) is 31.8 Å². The van der Waals surface area contributed by atoms with Crippen LogP contribution in [0.1, 0.15) is 57.8 Å². The molecular formula is C17H32N2O. The van der Waals surface area contributed by atoms with E-state index in [1.165, 1.54) is 57.8 Å². The molecule has 2 saturated carbocycles. The molecule has 3 aliphatic rings. The fourth-order valence-corrected chi connectivity index (χ4v) is 5.27. The number of nitrogens with two attached hydrogens (primary N) is 1. The van der Waals surface area contributed by atoms with Crippen molar-refractivity contribution in [1.29, 1.82) is 0 Å². The summed E-state index contributed by atoms with van der Waals surface area (Å²) in [4.78, 5) is 0. The van der Waals surface area contributed by atoms with Gasteiger partial charge in [-0.15, -0.1) is 0 Å². The van der Waals surface area contributed by atoms with Crippen LogP contribution in [0.15, 0.2) is 0 Å². The van der Waals surface area contributed by atoms with E-state index < -0.39 is 0 Å². The normalized spacial score (nSPS) is 45.3. The van der Waals surface area contributed by atoms with Gasteiger partial charge >= 0.3 is 0 Å². The second-order valence-electron chi connectivity index (χ2n) is 7.26. The lowest BCUT2D eigenvalue weighted by atomic mass is 9.72. The number of ether oxygens (including phenoxy) is 1. The summed E-state index contributed by atoms with van der Waals surface area (Å²) < 4.78 is 5.53. The van der Waals surface area contributed by atoms with E-state index in [2.05, 4.69) is 5.32 Å². The minimum Gasteiger partial charge on any atom is -0.381 e. The number of nitrogens with one attached hydrogen (secondary N) is 1. The van der Waals surface area contributed by atoms with Gasteiger partial charge in [0.05, 0.1) is 6.10 Å². The SMILES string of the molecule is COC1CCC(C2NC3CCCCC3C2CCN)CC1. The lowest BCUT2D eigenvalue weighted by Gasteiger charge is -2.35. The number of hydrogen-bond acceptors (Lipinski definition) is 3. The summed E-state index contributed by atoms with van der Waals surface area (Å²) >= 11 is 0. The second kappa shape index (κ2) is 6.76. The fraction of sp³-hybridized carbons (Fsp3) is 1.00. The molecule has 0 aromatic heterocycles. The molecule has 0 bridgehead atoms. The Kier molecular flexibility index (Phi) is 5.00. The third-order valence-corrected chi connectivity index (χ3v) is 6.30. The van der Waals surface area contributed by atoms with Crippen LogP contribution in [0, 0.1) is 17.8 Å². The van der Waals surface area contributed by atoms with Gasteiger partial charge in [-0.3, -0.25) is 0 Å². The molecule has 4 unspecified atom stereocenters. The first kappa shape index (κ1) is 14.8. The molecule has 1 saturated heterocycles. The maximum absolute atomic E-state index is 5.92. The summed E-state index contributed by atoms with van der Waals surface area (Å²) in [6.07, 6.45) is 12.6. The molecule has 3 nitrogen and oxygen atoms in total. The van der Waals surface area contributed by atoms with E-state index in [0.29, 0.717) is 6.10 Å². The summed E-state index contributed by atoms with van der Waals surface area (Å²) in [7, 11) is 1.87. The van der Waals surface area contributed by atoms with Gasteiger partial charge in [0, 0.05) is 19.2 Å². The van der Waals surface area contributed by atoms with Crippen molar-refractivity contribution in [3.8, 4) is 0 Å². The van der Waals surface area contributed by atoms with Crippen LogP contribution >= 0.6 is 0 Å². The minimum atomic E-state index is 0.517. The van der Waals surface area contributed by atoms with Crippen molar-refractivity contribution in [3.63, 3.8) is 0 Å². The van der Waals surface area contributed by atoms with Crippen molar-refractivity contribution < 1.29 is 4.74 Å². The number of methoxy groups -OCH3 is 1. The maximum Gasteiger partial charge on any atom is 0.0571 e. The largest absolute Gasteiger partial charge is 0.381 e. The third kappa shape index (κ3) is 2.90.